The molecule has 0 aliphatic heterocycles. The Labute approximate surface area is 132 Å². The first kappa shape index (κ1) is 14.3. The van der Waals surface area contributed by atoms with E-state index < -0.39 is 0 Å². The zero-order valence-electron chi connectivity index (χ0n) is 11.8. The van der Waals surface area contributed by atoms with Crippen molar-refractivity contribution in [1.29, 1.82) is 0 Å². The average molecular weight is 310 g/mol. The fourth-order valence-electron chi connectivity index (χ4n) is 1.94. The van der Waals surface area contributed by atoms with E-state index in [0.29, 0.717) is 6.54 Å². The van der Waals surface area contributed by atoms with Gasteiger partial charge in [-0.2, -0.15) is 0 Å². The van der Waals surface area contributed by atoms with E-state index in [1.807, 2.05) is 29.6 Å². The SMILES string of the molecule is O=C(Cc1csc(-c2ccncc2)n1)NCc1ccncc1. The fraction of sp³-hybridized carbons (Fsp3) is 0.125. The van der Waals surface area contributed by atoms with Crippen molar-refractivity contribution in [2.24, 2.45) is 0 Å². The minimum Gasteiger partial charge on any atom is -0.352 e. The smallest absolute Gasteiger partial charge is 0.226 e. The number of thiazole rings is 1. The molecule has 0 aliphatic rings. The van der Waals surface area contributed by atoms with Gasteiger partial charge in [-0.3, -0.25) is 14.8 Å². The summed E-state index contributed by atoms with van der Waals surface area (Å²) in [7, 11) is 0. The van der Waals surface area contributed by atoms with Gasteiger partial charge in [0, 0.05) is 42.3 Å². The largest absolute Gasteiger partial charge is 0.352 e. The van der Waals surface area contributed by atoms with Crippen LogP contribution in [-0.4, -0.2) is 20.9 Å². The predicted octanol–water partition coefficient (Wildman–Crippen LogP) is 2.46. The number of nitrogens with one attached hydrogen (secondary N) is 1. The van der Waals surface area contributed by atoms with Gasteiger partial charge in [-0.1, -0.05) is 0 Å². The van der Waals surface area contributed by atoms with Crippen molar-refractivity contribution < 1.29 is 4.79 Å². The Morgan fingerprint density at radius 2 is 1.73 bits per heavy atom. The van der Waals surface area contributed by atoms with E-state index in [-0.39, 0.29) is 12.3 Å². The Morgan fingerprint density at radius 3 is 2.45 bits per heavy atom. The number of carbonyl (C=O) groups is 1. The quantitative estimate of drug-likeness (QED) is 0.786. The molecule has 3 rings (SSSR count). The van der Waals surface area contributed by atoms with Crippen molar-refractivity contribution in [2.75, 3.05) is 0 Å². The molecule has 110 valence electrons. The lowest BCUT2D eigenvalue weighted by atomic mass is 10.2. The molecule has 3 heterocycles. The number of amides is 1. The monoisotopic (exact) mass is 310 g/mol. The van der Waals surface area contributed by atoms with Gasteiger partial charge in [0.1, 0.15) is 5.01 Å². The van der Waals surface area contributed by atoms with E-state index >= 15 is 0 Å². The molecule has 0 unspecified atom stereocenters. The molecule has 0 aliphatic carbocycles. The lowest BCUT2D eigenvalue weighted by Crippen LogP contribution is -2.24. The summed E-state index contributed by atoms with van der Waals surface area (Å²) < 4.78 is 0. The second-order valence-electron chi connectivity index (χ2n) is 4.69. The molecule has 0 aromatic carbocycles. The molecule has 22 heavy (non-hydrogen) atoms. The van der Waals surface area contributed by atoms with E-state index in [0.717, 1.165) is 21.8 Å². The van der Waals surface area contributed by atoms with E-state index in [1.165, 1.54) is 11.3 Å². The van der Waals surface area contributed by atoms with Crippen LogP contribution in [0.25, 0.3) is 10.6 Å². The molecule has 0 saturated heterocycles. The van der Waals surface area contributed by atoms with Crippen LogP contribution in [0.15, 0.2) is 54.4 Å². The Morgan fingerprint density at radius 1 is 1.05 bits per heavy atom. The van der Waals surface area contributed by atoms with Crippen LogP contribution in [0.1, 0.15) is 11.3 Å². The van der Waals surface area contributed by atoms with Crippen LogP contribution in [0.2, 0.25) is 0 Å². The lowest BCUT2D eigenvalue weighted by Gasteiger charge is -2.03. The maximum absolute atomic E-state index is 12.0. The molecule has 0 spiro atoms. The minimum absolute atomic E-state index is 0.0385. The lowest BCUT2D eigenvalue weighted by molar-refractivity contribution is -0.120. The summed E-state index contributed by atoms with van der Waals surface area (Å²) in [5, 5.41) is 5.70. The summed E-state index contributed by atoms with van der Waals surface area (Å²) in [6, 6.07) is 7.58. The molecule has 0 saturated carbocycles. The summed E-state index contributed by atoms with van der Waals surface area (Å²) in [5.74, 6) is -0.0385. The van der Waals surface area contributed by atoms with Crippen molar-refractivity contribution >= 4 is 17.2 Å². The number of hydrogen-bond acceptors (Lipinski definition) is 5. The molecule has 6 heteroatoms. The third-order valence-electron chi connectivity index (χ3n) is 3.06. The zero-order valence-corrected chi connectivity index (χ0v) is 12.6. The average Bonchev–Trinajstić information content (AvgIpc) is 3.03. The highest BCUT2D eigenvalue weighted by atomic mass is 32.1. The van der Waals surface area contributed by atoms with Crippen molar-refractivity contribution in [1.82, 2.24) is 20.3 Å². The van der Waals surface area contributed by atoms with Crippen molar-refractivity contribution in [2.45, 2.75) is 13.0 Å². The number of rotatable bonds is 5. The van der Waals surface area contributed by atoms with Gasteiger partial charge in [-0.25, -0.2) is 4.98 Å². The van der Waals surface area contributed by atoms with Crippen LogP contribution in [0.5, 0.6) is 0 Å². The maximum atomic E-state index is 12.0. The van der Waals surface area contributed by atoms with Crippen molar-refractivity contribution in [3.63, 3.8) is 0 Å². The molecule has 0 atom stereocenters. The number of nitrogens with zero attached hydrogens (tertiary/aromatic N) is 3. The number of carbonyl (C=O) groups excluding carboxylic acids is 1. The Kier molecular flexibility index (Phi) is 4.50. The van der Waals surface area contributed by atoms with Crippen LogP contribution in [0.4, 0.5) is 0 Å². The van der Waals surface area contributed by atoms with Gasteiger partial charge in [0.05, 0.1) is 12.1 Å². The summed E-state index contributed by atoms with van der Waals surface area (Å²) >= 11 is 1.53. The standard InChI is InChI=1S/C16H14N4OS/c21-15(19-10-12-1-5-17-6-2-12)9-14-11-22-16(20-14)13-3-7-18-8-4-13/h1-8,11H,9-10H2,(H,19,21). The fourth-order valence-corrected chi connectivity index (χ4v) is 2.77. The molecule has 0 bridgehead atoms. The van der Waals surface area contributed by atoms with Crippen LogP contribution >= 0.6 is 11.3 Å². The summed E-state index contributed by atoms with van der Waals surface area (Å²) in [6.07, 6.45) is 7.17. The topological polar surface area (TPSA) is 67.8 Å². The first-order valence-electron chi connectivity index (χ1n) is 6.81. The molecule has 1 amide bonds. The Balaban J connectivity index is 1.57. The molecular formula is C16H14N4OS. The number of pyridine rings is 2. The molecule has 0 radical (unpaired) electrons. The third kappa shape index (κ3) is 3.73. The highest BCUT2D eigenvalue weighted by Gasteiger charge is 2.08. The van der Waals surface area contributed by atoms with Crippen molar-refractivity contribution in [3.05, 3.63) is 65.7 Å². The molecule has 3 aromatic rings. The van der Waals surface area contributed by atoms with E-state index in [1.54, 1.807) is 24.8 Å². The van der Waals surface area contributed by atoms with Gasteiger partial charge in [0.2, 0.25) is 5.91 Å². The van der Waals surface area contributed by atoms with Crippen LogP contribution in [0, 0.1) is 0 Å². The predicted molar refractivity (Wildman–Crippen MR) is 85.1 cm³/mol. The summed E-state index contributed by atoms with van der Waals surface area (Å²) in [4.78, 5) is 24.4. The van der Waals surface area contributed by atoms with Gasteiger partial charge in [-0.05, 0) is 29.8 Å². The van der Waals surface area contributed by atoms with Crippen molar-refractivity contribution in [3.8, 4) is 10.6 Å². The van der Waals surface area contributed by atoms with Crippen LogP contribution < -0.4 is 5.32 Å². The normalized spacial score (nSPS) is 10.4. The summed E-state index contributed by atoms with van der Waals surface area (Å²) in [6.45, 7) is 0.503. The minimum atomic E-state index is -0.0385. The third-order valence-corrected chi connectivity index (χ3v) is 4.00. The van der Waals surface area contributed by atoms with Gasteiger partial charge in [0.15, 0.2) is 0 Å². The molecule has 5 nitrogen and oxygen atoms in total. The molecular weight excluding hydrogens is 296 g/mol. The highest BCUT2D eigenvalue weighted by Crippen LogP contribution is 2.22. The summed E-state index contributed by atoms with van der Waals surface area (Å²) in [5.41, 5.74) is 2.83. The second kappa shape index (κ2) is 6.91. The first-order chi connectivity index (χ1) is 10.8. The van der Waals surface area contributed by atoms with E-state index in [2.05, 4.69) is 20.3 Å². The maximum Gasteiger partial charge on any atom is 0.226 e. The molecule has 3 aromatic heterocycles. The van der Waals surface area contributed by atoms with E-state index in [9.17, 15) is 4.79 Å². The molecule has 1 N–H and O–H groups in total. The second-order valence-corrected chi connectivity index (χ2v) is 5.55. The van der Waals surface area contributed by atoms with Gasteiger partial charge in [0.25, 0.3) is 0 Å². The first-order valence-corrected chi connectivity index (χ1v) is 7.69. The molecule has 0 fully saturated rings. The van der Waals surface area contributed by atoms with Crippen LogP contribution in [0.3, 0.4) is 0 Å². The van der Waals surface area contributed by atoms with Gasteiger partial charge < -0.3 is 5.32 Å². The van der Waals surface area contributed by atoms with E-state index in [4.69, 9.17) is 0 Å². The highest BCUT2D eigenvalue weighted by molar-refractivity contribution is 7.13. The Bertz CT molecular complexity index is 743. The number of hydrogen-bond donors (Lipinski definition) is 1. The van der Waals surface area contributed by atoms with Gasteiger partial charge >= 0.3 is 0 Å². The number of aromatic nitrogens is 3. The Hall–Kier alpha value is -2.60. The van der Waals surface area contributed by atoms with Gasteiger partial charge in [-0.15, -0.1) is 11.3 Å². The van der Waals surface area contributed by atoms with Crippen LogP contribution in [-0.2, 0) is 17.8 Å². The zero-order chi connectivity index (χ0) is 15.2.